The van der Waals surface area contributed by atoms with Crippen molar-refractivity contribution in [3.05, 3.63) is 23.8 Å². The van der Waals surface area contributed by atoms with Gasteiger partial charge in [-0.1, -0.05) is 6.07 Å². The zero-order chi connectivity index (χ0) is 15.8. The number of hydrogen-bond donors (Lipinski definition) is 2. The Hall–Kier alpha value is -1.79. The largest absolute Gasteiger partial charge is 0.490 e. The molecule has 0 saturated carbocycles. The average molecular weight is 298 g/mol. The van der Waals surface area contributed by atoms with Gasteiger partial charge in [-0.25, -0.2) is 4.79 Å². The molecule has 0 fully saturated rings. The van der Waals surface area contributed by atoms with Crippen LogP contribution in [0.3, 0.4) is 0 Å². The van der Waals surface area contributed by atoms with Crippen LogP contribution in [0.15, 0.2) is 18.2 Å². The maximum absolute atomic E-state index is 11.2. The molecular weight excluding hydrogens is 276 g/mol. The number of rotatable bonds is 9. The molecule has 21 heavy (non-hydrogen) atoms. The summed E-state index contributed by atoms with van der Waals surface area (Å²) in [5.74, 6) is -0.649. The van der Waals surface area contributed by atoms with E-state index in [9.17, 15) is 15.0 Å². The van der Waals surface area contributed by atoms with Gasteiger partial charge in [-0.15, -0.1) is 0 Å². The van der Waals surface area contributed by atoms with Crippen LogP contribution in [-0.4, -0.2) is 48.2 Å². The monoisotopic (exact) mass is 298 g/mol. The zero-order valence-electron chi connectivity index (χ0n) is 12.5. The number of aliphatic hydroxyl groups is 1. The molecule has 6 heteroatoms. The molecule has 118 valence electrons. The van der Waals surface area contributed by atoms with Crippen LogP contribution in [0.1, 0.15) is 31.1 Å². The molecule has 0 aliphatic carbocycles. The molecule has 6 nitrogen and oxygen atoms in total. The summed E-state index contributed by atoms with van der Waals surface area (Å²) in [5, 5.41) is 18.9. The third-order valence-electron chi connectivity index (χ3n) is 2.55. The van der Waals surface area contributed by atoms with Crippen LogP contribution < -0.4 is 9.47 Å². The fourth-order valence-electron chi connectivity index (χ4n) is 1.63. The zero-order valence-corrected chi connectivity index (χ0v) is 12.5. The summed E-state index contributed by atoms with van der Waals surface area (Å²) in [6.07, 6.45) is -0.839. The highest BCUT2D eigenvalue weighted by molar-refractivity contribution is 5.92. The first-order valence-electron chi connectivity index (χ1n) is 6.87. The molecule has 1 unspecified atom stereocenters. The number of carboxylic acids is 1. The van der Waals surface area contributed by atoms with Gasteiger partial charge in [0, 0.05) is 0 Å². The van der Waals surface area contributed by atoms with Crippen LogP contribution in [0, 0.1) is 0 Å². The Morgan fingerprint density at radius 2 is 1.95 bits per heavy atom. The van der Waals surface area contributed by atoms with E-state index < -0.39 is 12.1 Å². The summed E-state index contributed by atoms with van der Waals surface area (Å²) in [7, 11) is 0. The number of para-hydroxylation sites is 1. The predicted molar refractivity (Wildman–Crippen MR) is 77.2 cm³/mol. The van der Waals surface area contributed by atoms with E-state index in [1.165, 1.54) is 6.07 Å². The minimum atomic E-state index is -1.11. The van der Waals surface area contributed by atoms with Crippen LogP contribution >= 0.6 is 0 Å². The summed E-state index contributed by atoms with van der Waals surface area (Å²) in [6, 6.07) is 4.64. The van der Waals surface area contributed by atoms with Gasteiger partial charge in [-0.2, -0.15) is 0 Å². The van der Waals surface area contributed by atoms with E-state index in [4.69, 9.17) is 14.2 Å². The Balaban J connectivity index is 2.77. The lowest BCUT2D eigenvalue weighted by atomic mass is 10.2. The molecule has 0 bridgehead atoms. The van der Waals surface area contributed by atoms with Crippen LogP contribution in [0.2, 0.25) is 0 Å². The molecule has 1 aromatic carbocycles. The molecular formula is C15H22O6. The van der Waals surface area contributed by atoms with Gasteiger partial charge < -0.3 is 24.4 Å². The summed E-state index contributed by atoms with van der Waals surface area (Å²) >= 11 is 0. The van der Waals surface area contributed by atoms with Crippen molar-refractivity contribution in [2.24, 2.45) is 0 Å². The van der Waals surface area contributed by atoms with Crippen molar-refractivity contribution in [2.75, 3.05) is 19.8 Å². The van der Waals surface area contributed by atoms with Crippen LogP contribution in [-0.2, 0) is 4.74 Å². The average Bonchev–Trinajstić information content (AvgIpc) is 2.43. The smallest absolute Gasteiger partial charge is 0.339 e. The predicted octanol–water partition coefficient (Wildman–Crippen LogP) is 1.95. The SMILES string of the molecule is CCOc1cccc(C(=O)O)c1OCC(O)COC(C)C. The molecule has 0 amide bonds. The first-order chi connectivity index (χ1) is 9.95. The lowest BCUT2D eigenvalue weighted by Crippen LogP contribution is -2.25. The van der Waals surface area contributed by atoms with Crippen molar-refractivity contribution in [3.8, 4) is 11.5 Å². The van der Waals surface area contributed by atoms with Crippen molar-refractivity contribution in [1.29, 1.82) is 0 Å². The molecule has 0 spiro atoms. The Kier molecular flexibility index (Phi) is 6.98. The highest BCUT2D eigenvalue weighted by Crippen LogP contribution is 2.31. The number of hydrogen-bond acceptors (Lipinski definition) is 5. The molecule has 0 aliphatic heterocycles. The number of carbonyl (C=O) groups is 1. The lowest BCUT2D eigenvalue weighted by molar-refractivity contribution is -0.0128. The highest BCUT2D eigenvalue weighted by atomic mass is 16.5. The van der Waals surface area contributed by atoms with Crippen LogP contribution in [0.4, 0.5) is 0 Å². The topological polar surface area (TPSA) is 85.2 Å². The third kappa shape index (κ3) is 5.61. The number of aromatic carboxylic acids is 1. The Labute approximate surface area is 124 Å². The normalized spacial score (nSPS) is 12.2. The van der Waals surface area contributed by atoms with Gasteiger partial charge in [0.25, 0.3) is 0 Å². The number of benzene rings is 1. The van der Waals surface area contributed by atoms with E-state index >= 15 is 0 Å². The number of carboxylic acid groups (broad SMARTS) is 1. The standard InChI is InChI=1S/C15H22O6/c1-4-19-13-7-5-6-12(15(17)18)14(13)21-9-11(16)8-20-10(2)3/h5-7,10-11,16H,4,8-9H2,1-3H3,(H,17,18). The van der Waals surface area contributed by atoms with Gasteiger partial charge in [-0.05, 0) is 32.9 Å². The highest BCUT2D eigenvalue weighted by Gasteiger charge is 2.18. The summed E-state index contributed by atoms with van der Waals surface area (Å²) in [6.45, 7) is 5.95. The second-order valence-corrected chi connectivity index (χ2v) is 4.72. The molecule has 0 heterocycles. The molecule has 0 aliphatic rings. The Morgan fingerprint density at radius 3 is 2.52 bits per heavy atom. The van der Waals surface area contributed by atoms with Gasteiger partial charge in [-0.3, -0.25) is 0 Å². The van der Waals surface area contributed by atoms with Gasteiger partial charge in [0.15, 0.2) is 11.5 Å². The van der Waals surface area contributed by atoms with Crippen molar-refractivity contribution in [1.82, 2.24) is 0 Å². The fraction of sp³-hybridized carbons (Fsp3) is 0.533. The second kappa shape index (κ2) is 8.49. The molecule has 1 rings (SSSR count). The maximum Gasteiger partial charge on any atom is 0.339 e. The van der Waals surface area contributed by atoms with Crippen molar-refractivity contribution in [3.63, 3.8) is 0 Å². The summed E-state index contributed by atoms with van der Waals surface area (Å²) < 4.78 is 16.1. The van der Waals surface area contributed by atoms with Crippen molar-refractivity contribution < 1.29 is 29.2 Å². The van der Waals surface area contributed by atoms with E-state index in [2.05, 4.69) is 0 Å². The van der Waals surface area contributed by atoms with Crippen molar-refractivity contribution in [2.45, 2.75) is 33.0 Å². The summed E-state index contributed by atoms with van der Waals surface area (Å²) in [5.41, 5.74) is -0.00192. The van der Waals surface area contributed by atoms with Crippen LogP contribution in [0.25, 0.3) is 0 Å². The first-order valence-corrected chi connectivity index (χ1v) is 6.87. The number of ether oxygens (including phenoxy) is 3. The number of aliphatic hydroxyl groups excluding tert-OH is 1. The van der Waals surface area contributed by atoms with E-state index in [1.54, 1.807) is 19.1 Å². The minimum absolute atomic E-state index is 0.00192. The molecule has 2 N–H and O–H groups in total. The van der Waals surface area contributed by atoms with Gasteiger partial charge in [0.1, 0.15) is 18.3 Å². The van der Waals surface area contributed by atoms with Crippen LogP contribution in [0.5, 0.6) is 11.5 Å². The summed E-state index contributed by atoms with van der Waals surface area (Å²) in [4.78, 5) is 11.2. The Morgan fingerprint density at radius 1 is 1.24 bits per heavy atom. The van der Waals surface area contributed by atoms with E-state index in [0.29, 0.717) is 12.4 Å². The maximum atomic E-state index is 11.2. The minimum Gasteiger partial charge on any atom is -0.490 e. The second-order valence-electron chi connectivity index (χ2n) is 4.72. The molecule has 0 aromatic heterocycles. The van der Waals surface area contributed by atoms with E-state index in [-0.39, 0.29) is 30.6 Å². The van der Waals surface area contributed by atoms with E-state index in [1.807, 2.05) is 13.8 Å². The van der Waals surface area contributed by atoms with Gasteiger partial charge >= 0.3 is 5.97 Å². The molecule has 0 radical (unpaired) electrons. The quantitative estimate of drug-likeness (QED) is 0.725. The Bertz CT molecular complexity index is 457. The molecule has 1 aromatic rings. The van der Waals surface area contributed by atoms with Gasteiger partial charge in [0.2, 0.25) is 0 Å². The van der Waals surface area contributed by atoms with E-state index in [0.717, 1.165) is 0 Å². The first kappa shape index (κ1) is 17.3. The molecule has 0 saturated heterocycles. The lowest BCUT2D eigenvalue weighted by Gasteiger charge is -2.17. The molecule has 1 atom stereocenters. The third-order valence-corrected chi connectivity index (χ3v) is 2.55. The van der Waals surface area contributed by atoms with Gasteiger partial charge in [0.05, 0.1) is 19.3 Å². The van der Waals surface area contributed by atoms with Crippen molar-refractivity contribution >= 4 is 5.97 Å². The fourth-order valence-corrected chi connectivity index (χ4v) is 1.63.